The second kappa shape index (κ2) is 8.00. The highest BCUT2D eigenvalue weighted by Crippen LogP contribution is 2.40. The summed E-state index contributed by atoms with van der Waals surface area (Å²) in [5.74, 6) is -1.35. The van der Waals surface area contributed by atoms with E-state index >= 15 is 0 Å². The number of halogens is 1. The first-order chi connectivity index (χ1) is 11.7. The van der Waals surface area contributed by atoms with E-state index in [2.05, 4.69) is 9.30 Å². The largest absolute Gasteiger partial charge is 0.480 e. The lowest BCUT2D eigenvalue weighted by Crippen LogP contribution is -2.58. The van der Waals surface area contributed by atoms with Crippen molar-refractivity contribution in [3.05, 3.63) is 34.2 Å². The SMILES string of the molecule is CN1CCC(SN=O)(C(NS(=O)(=O)c2ccc(Cl)cc2)C(=O)O)CC1. The molecule has 25 heavy (non-hydrogen) atoms. The van der Waals surface area contributed by atoms with Gasteiger partial charge in [-0.1, -0.05) is 11.6 Å². The van der Waals surface area contributed by atoms with E-state index in [9.17, 15) is 23.2 Å². The first kappa shape index (κ1) is 20.1. The summed E-state index contributed by atoms with van der Waals surface area (Å²) in [5.41, 5.74) is 0. The van der Waals surface area contributed by atoms with Crippen molar-refractivity contribution in [1.29, 1.82) is 0 Å². The van der Waals surface area contributed by atoms with E-state index in [0.29, 0.717) is 42.9 Å². The summed E-state index contributed by atoms with van der Waals surface area (Å²) >= 11 is 6.34. The van der Waals surface area contributed by atoms with E-state index in [1.54, 1.807) is 0 Å². The molecule has 2 rings (SSSR count). The number of carbonyl (C=O) groups is 1. The topological polar surface area (TPSA) is 116 Å². The number of benzene rings is 1. The molecule has 0 aromatic heterocycles. The number of likely N-dealkylation sites (tertiary alicyclic amines) is 1. The summed E-state index contributed by atoms with van der Waals surface area (Å²) in [5, 5.41) is 9.98. The second-order valence-electron chi connectivity index (χ2n) is 5.88. The Balaban J connectivity index is 2.34. The van der Waals surface area contributed by atoms with Crippen molar-refractivity contribution < 1.29 is 18.3 Å². The van der Waals surface area contributed by atoms with Crippen LogP contribution >= 0.6 is 23.5 Å². The van der Waals surface area contributed by atoms with Crippen molar-refractivity contribution in [2.75, 3.05) is 20.1 Å². The fraction of sp³-hybridized carbons (Fsp3) is 0.500. The van der Waals surface area contributed by atoms with Gasteiger partial charge in [0.05, 0.1) is 9.64 Å². The summed E-state index contributed by atoms with van der Waals surface area (Å²) in [6.45, 7) is 1.07. The maximum atomic E-state index is 12.6. The molecule has 1 heterocycles. The molecule has 1 aromatic rings. The molecule has 1 fully saturated rings. The lowest BCUT2D eigenvalue weighted by Gasteiger charge is -2.41. The number of sulfonamides is 1. The van der Waals surface area contributed by atoms with Crippen molar-refractivity contribution in [2.45, 2.75) is 28.5 Å². The number of carboxylic acid groups (broad SMARTS) is 1. The van der Waals surface area contributed by atoms with Gasteiger partial charge in [-0.15, -0.1) is 4.91 Å². The Hall–Kier alpha value is -1.20. The van der Waals surface area contributed by atoms with Gasteiger partial charge in [-0.25, -0.2) is 8.42 Å². The molecule has 0 amide bonds. The van der Waals surface area contributed by atoms with Crippen LogP contribution in [0.5, 0.6) is 0 Å². The smallest absolute Gasteiger partial charge is 0.323 e. The molecule has 0 saturated carbocycles. The zero-order valence-corrected chi connectivity index (χ0v) is 15.8. The van der Waals surface area contributed by atoms with Crippen LogP contribution in [-0.4, -0.2) is 55.3 Å². The summed E-state index contributed by atoms with van der Waals surface area (Å²) in [7, 11) is -2.23. The van der Waals surface area contributed by atoms with Crippen LogP contribution in [-0.2, 0) is 14.8 Å². The van der Waals surface area contributed by atoms with E-state index in [1.807, 2.05) is 11.9 Å². The minimum Gasteiger partial charge on any atom is -0.480 e. The molecule has 11 heteroatoms. The van der Waals surface area contributed by atoms with Crippen LogP contribution in [0.3, 0.4) is 0 Å². The molecule has 138 valence electrons. The van der Waals surface area contributed by atoms with Gasteiger partial charge in [0.1, 0.15) is 6.04 Å². The number of nitroso groups, excluding NO2 is 1. The second-order valence-corrected chi connectivity index (χ2v) is 9.18. The summed E-state index contributed by atoms with van der Waals surface area (Å²) < 4.78 is 29.0. The Bertz CT molecular complexity index is 733. The third kappa shape index (κ3) is 4.70. The predicted molar refractivity (Wildman–Crippen MR) is 96.0 cm³/mol. The highest BCUT2D eigenvalue weighted by atomic mass is 35.5. The van der Waals surface area contributed by atoms with E-state index < -0.39 is 26.8 Å². The quantitative estimate of drug-likeness (QED) is 0.524. The third-order valence-corrected chi connectivity index (χ3v) is 7.00. The minimum atomic E-state index is -4.10. The zero-order valence-electron chi connectivity index (χ0n) is 13.4. The predicted octanol–water partition coefficient (Wildman–Crippen LogP) is 1.95. The molecule has 1 saturated heterocycles. The highest BCUT2D eigenvalue weighted by Gasteiger charge is 2.48. The van der Waals surface area contributed by atoms with Gasteiger partial charge in [-0.05, 0) is 57.2 Å². The van der Waals surface area contributed by atoms with Crippen LogP contribution in [0.25, 0.3) is 0 Å². The minimum absolute atomic E-state index is 0.102. The number of piperidine rings is 1. The average molecular weight is 408 g/mol. The Morgan fingerprint density at radius 3 is 2.40 bits per heavy atom. The van der Waals surface area contributed by atoms with Crippen LogP contribution in [0, 0.1) is 4.91 Å². The highest BCUT2D eigenvalue weighted by molar-refractivity contribution is 7.99. The number of carboxylic acids is 1. The first-order valence-corrected chi connectivity index (χ1v) is 10.0. The summed E-state index contributed by atoms with van der Waals surface area (Å²) in [4.78, 5) is 24.6. The normalized spacial score (nSPS) is 19.3. The van der Waals surface area contributed by atoms with Crippen LogP contribution in [0.1, 0.15) is 12.8 Å². The molecular formula is C14H18ClN3O5S2. The fourth-order valence-electron chi connectivity index (χ4n) is 2.72. The average Bonchev–Trinajstić information content (AvgIpc) is 2.55. The molecule has 2 N–H and O–H groups in total. The van der Waals surface area contributed by atoms with Crippen molar-refractivity contribution in [3.63, 3.8) is 0 Å². The maximum Gasteiger partial charge on any atom is 0.323 e. The summed E-state index contributed by atoms with van der Waals surface area (Å²) in [6, 6.07) is 3.90. The van der Waals surface area contributed by atoms with Crippen LogP contribution < -0.4 is 4.72 Å². The lowest BCUT2D eigenvalue weighted by molar-refractivity contribution is -0.140. The van der Waals surface area contributed by atoms with Crippen LogP contribution in [0.15, 0.2) is 33.7 Å². The van der Waals surface area contributed by atoms with Gasteiger partial charge >= 0.3 is 5.97 Å². The molecular weight excluding hydrogens is 390 g/mol. The standard InChI is InChI=1S/C14H18ClN3O5S2/c1-18-8-6-14(7-9-18,24-17-21)12(13(19)20)16-25(22,23)11-4-2-10(15)3-5-11/h2-5,12,16H,6-9H2,1H3,(H,19,20). The fourth-order valence-corrected chi connectivity index (χ4v) is 4.97. The Morgan fingerprint density at radius 1 is 1.36 bits per heavy atom. The van der Waals surface area contributed by atoms with Crippen molar-refractivity contribution in [2.24, 2.45) is 4.58 Å². The molecule has 0 radical (unpaired) electrons. The van der Waals surface area contributed by atoms with Gasteiger partial charge in [0.2, 0.25) is 10.0 Å². The van der Waals surface area contributed by atoms with Gasteiger partial charge in [0.25, 0.3) is 0 Å². The maximum absolute atomic E-state index is 12.6. The number of rotatable bonds is 7. The molecule has 0 spiro atoms. The molecule has 1 atom stereocenters. The number of aliphatic carboxylic acids is 1. The number of nitrogens with zero attached hydrogens (tertiary/aromatic N) is 2. The van der Waals surface area contributed by atoms with Gasteiger partial charge in [-0.3, -0.25) is 4.79 Å². The molecule has 1 aliphatic rings. The van der Waals surface area contributed by atoms with Gasteiger partial charge in [-0.2, -0.15) is 4.72 Å². The number of hydrogen-bond donors (Lipinski definition) is 2. The summed E-state index contributed by atoms with van der Waals surface area (Å²) in [6.07, 6.45) is 0.639. The van der Waals surface area contributed by atoms with E-state index in [-0.39, 0.29) is 4.90 Å². The Morgan fingerprint density at radius 2 is 1.92 bits per heavy atom. The number of hydrogen-bond acceptors (Lipinski definition) is 7. The number of nitrogens with one attached hydrogen (secondary N) is 1. The monoisotopic (exact) mass is 407 g/mol. The molecule has 8 nitrogen and oxygen atoms in total. The van der Waals surface area contributed by atoms with Gasteiger partial charge in [0, 0.05) is 21.6 Å². The van der Waals surface area contributed by atoms with Crippen LogP contribution in [0.2, 0.25) is 5.02 Å². The molecule has 1 aromatic carbocycles. The molecule has 1 unspecified atom stereocenters. The van der Waals surface area contributed by atoms with Gasteiger partial charge in [0.15, 0.2) is 0 Å². The lowest BCUT2D eigenvalue weighted by atomic mass is 9.89. The Kier molecular flexibility index (Phi) is 6.44. The molecule has 0 aliphatic carbocycles. The van der Waals surface area contributed by atoms with Crippen molar-refractivity contribution in [3.8, 4) is 0 Å². The van der Waals surface area contributed by atoms with Gasteiger partial charge < -0.3 is 10.0 Å². The third-order valence-electron chi connectivity index (χ3n) is 4.22. The zero-order chi connectivity index (χ0) is 18.7. The van der Waals surface area contributed by atoms with E-state index in [4.69, 9.17) is 11.6 Å². The van der Waals surface area contributed by atoms with Crippen molar-refractivity contribution in [1.82, 2.24) is 9.62 Å². The van der Waals surface area contributed by atoms with E-state index in [0.717, 1.165) is 0 Å². The van der Waals surface area contributed by atoms with Crippen LogP contribution in [0.4, 0.5) is 0 Å². The molecule has 0 bridgehead atoms. The van der Waals surface area contributed by atoms with Crippen molar-refractivity contribution >= 4 is 39.5 Å². The molecule has 1 aliphatic heterocycles. The Labute approximate surface area is 155 Å². The first-order valence-electron chi connectivity index (χ1n) is 7.40. The van der Waals surface area contributed by atoms with E-state index in [1.165, 1.54) is 24.3 Å².